The number of nitrogens with one attached hydrogen (secondary N) is 1. The first-order valence-electron chi connectivity index (χ1n) is 5.85. The van der Waals surface area contributed by atoms with E-state index in [0.717, 1.165) is 18.0 Å². The number of halogens is 2. The molecule has 0 amide bonds. The van der Waals surface area contributed by atoms with Gasteiger partial charge >= 0.3 is 0 Å². The molecule has 0 saturated heterocycles. The minimum absolute atomic E-state index is 0.325. The van der Waals surface area contributed by atoms with Crippen LogP contribution in [0, 0.1) is 5.82 Å². The molecule has 0 bridgehead atoms. The summed E-state index contributed by atoms with van der Waals surface area (Å²) in [4.78, 5) is 0. The average Bonchev–Trinajstić information content (AvgIpc) is 2.82. The molecular weight excluding hydrogens is 333 g/mol. The van der Waals surface area contributed by atoms with Gasteiger partial charge in [0, 0.05) is 6.54 Å². The molecule has 19 heavy (non-hydrogen) atoms. The number of hydrogen-bond acceptors (Lipinski definition) is 5. The van der Waals surface area contributed by atoms with E-state index in [1.165, 1.54) is 17.4 Å². The lowest BCUT2D eigenvalue weighted by molar-refractivity contribution is 0.470. The number of nitrogens with zero attached hydrogens (tertiary/aromatic N) is 2. The topological polar surface area (TPSA) is 47.0 Å². The zero-order valence-electron chi connectivity index (χ0n) is 10.3. The van der Waals surface area contributed by atoms with E-state index in [1.54, 1.807) is 12.1 Å². The number of rotatable bonds is 6. The summed E-state index contributed by atoms with van der Waals surface area (Å²) >= 11 is 4.48. The number of ether oxygens (including phenoxy) is 1. The van der Waals surface area contributed by atoms with Gasteiger partial charge in [-0.15, -0.1) is 5.10 Å². The maximum Gasteiger partial charge on any atom is 0.299 e. The molecule has 0 spiro atoms. The van der Waals surface area contributed by atoms with Gasteiger partial charge in [-0.3, -0.25) is 0 Å². The lowest BCUT2D eigenvalue weighted by Gasteiger charge is -2.01. The number of aromatic nitrogens is 2. The first kappa shape index (κ1) is 14.4. The summed E-state index contributed by atoms with van der Waals surface area (Å²) in [7, 11) is 0. The molecule has 1 N–H and O–H groups in total. The van der Waals surface area contributed by atoms with Gasteiger partial charge in [0.2, 0.25) is 0 Å². The van der Waals surface area contributed by atoms with Crippen molar-refractivity contribution in [3.05, 3.63) is 33.5 Å². The molecule has 0 saturated carbocycles. The van der Waals surface area contributed by atoms with E-state index in [4.69, 9.17) is 4.74 Å². The molecule has 102 valence electrons. The average molecular weight is 346 g/mol. The van der Waals surface area contributed by atoms with Crippen LogP contribution in [0.3, 0.4) is 0 Å². The van der Waals surface area contributed by atoms with Crippen molar-refractivity contribution in [1.29, 1.82) is 0 Å². The molecular formula is C12H13BrFN3OS. The fraction of sp³-hybridized carbons (Fsp3) is 0.333. The van der Waals surface area contributed by atoms with E-state index in [9.17, 15) is 4.39 Å². The standard InChI is InChI=1S/C12H13BrFN3OS/c1-2-5-15-7-11-16-17-12(19-11)18-8-3-4-10(14)9(13)6-8/h3-4,6,15H,2,5,7H2,1H3. The van der Waals surface area contributed by atoms with E-state index in [-0.39, 0.29) is 5.82 Å². The van der Waals surface area contributed by atoms with Crippen LogP contribution in [0.15, 0.2) is 22.7 Å². The maximum atomic E-state index is 13.1. The van der Waals surface area contributed by atoms with Crippen LogP contribution < -0.4 is 10.1 Å². The van der Waals surface area contributed by atoms with Gasteiger partial charge in [-0.2, -0.15) is 0 Å². The lowest BCUT2D eigenvalue weighted by atomic mass is 10.3. The van der Waals surface area contributed by atoms with Crippen LogP contribution in [0.5, 0.6) is 10.9 Å². The second kappa shape index (κ2) is 6.93. The molecule has 1 aromatic heterocycles. The second-order valence-electron chi connectivity index (χ2n) is 3.82. The Bertz CT molecular complexity index is 550. The highest BCUT2D eigenvalue weighted by molar-refractivity contribution is 9.10. The van der Waals surface area contributed by atoms with Crippen molar-refractivity contribution < 1.29 is 9.13 Å². The van der Waals surface area contributed by atoms with Crippen molar-refractivity contribution in [2.75, 3.05) is 6.54 Å². The van der Waals surface area contributed by atoms with Gasteiger partial charge in [0.15, 0.2) is 0 Å². The molecule has 2 aromatic rings. The first-order valence-corrected chi connectivity index (χ1v) is 7.46. The molecule has 1 heterocycles. The lowest BCUT2D eigenvalue weighted by Crippen LogP contribution is -2.13. The second-order valence-corrected chi connectivity index (χ2v) is 5.70. The smallest absolute Gasteiger partial charge is 0.299 e. The van der Waals surface area contributed by atoms with Crippen molar-refractivity contribution in [3.8, 4) is 10.9 Å². The highest BCUT2D eigenvalue weighted by atomic mass is 79.9. The molecule has 0 radical (unpaired) electrons. The van der Waals surface area contributed by atoms with Crippen molar-refractivity contribution in [2.45, 2.75) is 19.9 Å². The predicted molar refractivity (Wildman–Crippen MR) is 76.1 cm³/mol. The highest BCUT2D eigenvalue weighted by Crippen LogP contribution is 2.28. The molecule has 2 rings (SSSR count). The monoisotopic (exact) mass is 345 g/mol. The van der Waals surface area contributed by atoms with Crippen LogP contribution in [0.25, 0.3) is 0 Å². The van der Waals surface area contributed by atoms with Crippen molar-refractivity contribution in [3.63, 3.8) is 0 Å². The maximum absolute atomic E-state index is 13.1. The van der Waals surface area contributed by atoms with Gasteiger partial charge in [0.05, 0.1) is 4.47 Å². The normalized spacial score (nSPS) is 10.7. The largest absolute Gasteiger partial charge is 0.430 e. The Kier molecular flexibility index (Phi) is 5.24. The van der Waals surface area contributed by atoms with Crippen LogP contribution in [-0.2, 0) is 6.54 Å². The third-order valence-electron chi connectivity index (χ3n) is 2.25. The molecule has 0 aliphatic carbocycles. The zero-order chi connectivity index (χ0) is 13.7. The summed E-state index contributed by atoms with van der Waals surface area (Å²) in [6, 6.07) is 4.45. The van der Waals surface area contributed by atoms with Gasteiger partial charge in [0.25, 0.3) is 5.19 Å². The minimum atomic E-state index is -0.325. The molecule has 0 atom stereocenters. The van der Waals surface area contributed by atoms with Crippen LogP contribution >= 0.6 is 27.3 Å². The zero-order valence-corrected chi connectivity index (χ0v) is 12.7. The van der Waals surface area contributed by atoms with Gasteiger partial charge in [0.1, 0.15) is 16.6 Å². The Morgan fingerprint density at radius 1 is 1.42 bits per heavy atom. The van der Waals surface area contributed by atoms with E-state index >= 15 is 0 Å². The van der Waals surface area contributed by atoms with Crippen LogP contribution in [0.1, 0.15) is 18.4 Å². The number of hydrogen-bond donors (Lipinski definition) is 1. The third kappa shape index (κ3) is 4.22. The summed E-state index contributed by atoms with van der Waals surface area (Å²) < 4.78 is 19.0. The predicted octanol–water partition coefficient (Wildman–Crippen LogP) is 3.73. The Balaban J connectivity index is 1.97. The number of benzene rings is 1. The molecule has 0 aliphatic rings. The quantitative estimate of drug-likeness (QED) is 0.810. The van der Waals surface area contributed by atoms with Crippen LogP contribution in [0.4, 0.5) is 4.39 Å². The Morgan fingerprint density at radius 3 is 3.00 bits per heavy atom. The molecule has 0 unspecified atom stereocenters. The van der Waals surface area contributed by atoms with Crippen molar-refractivity contribution in [1.82, 2.24) is 15.5 Å². The molecule has 0 fully saturated rings. The molecule has 7 heteroatoms. The van der Waals surface area contributed by atoms with Crippen molar-refractivity contribution in [2.24, 2.45) is 0 Å². The van der Waals surface area contributed by atoms with Crippen LogP contribution in [-0.4, -0.2) is 16.7 Å². The van der Waals surface area contributed by atoms with E-state index in [2.05, 4.69) is 38.4 Å². The Morgan fingerprint density at radius 2 is 2.26 bits per heavy atom. The summed E-state index contributed by atoms with van der Waals surface area (Å²) in [6.07, 6.45) is 1.08. The molecule has 0 aliphatic heterocycles. The summed E-state index contributed by atoms with van der Waals surface area (Å²) in [5.41, 5.74) is 0. The molecule has 1 aromatic carbocycles. The first-order chi connectivity index (χ1) is 9.19. The van der Waals surface area contributed by atoms with E-state index < -0.39 is 0 Å². The summed E-state index contributed by atoms with van der Waals surface area (Å²) in [6.45, 7) is 3.73. The third-order valence-corrected chi connectivity index (χ3v) is 3.66. The summed E-state index contributed by atoms with van der Waals surface area (Å²) in [5.74, 6) is 0.201. The highest BCUT2D eigenvalue weighted by Gasteiger charge is 2.07. The van der Waals surface area contributed by atoms with E-state index in [1.807, 2.05) is 0 Å². The van der Waals surface area contributed by atoms with Gasteiger partial charge in [-0.25, -0.2) is 4.39 Å². The fourth-order valence-corrected chi connectivity index (χ4v) is 2.40. The van der Waals surface area contributed by atoms with Gasteiger partial charge < -0.3 is 10.1 Å². The fourth-order valence-electron chi connectivity index (χ4n) is 1.36. The Labute approximate surface area is 123 Å². The van der Waals surface area contributed by atoms with Gasteiger partial charge in [-0.05, 0) is 47.1 Å². The van der Waals surface area contributed by atoms with Gasteiger partial charge in [-0.1, -0.05) is 23.4 Å². The summed E-state index contributed by atoms with van der Waals surface area (Å²) in [5, 5.41) is 12.5. The SMILES string of the molecule is CCCNCc1nnc(Oc2ccc(F)c(Br)c2)s1. The minimum Gasteiger partial charge on any atom is -0.430 e. The van der Waals surface area contributed by atoms with E-state index in [0.29, 0.717) is 22.0 Å². The Hall–Kier alpha value is -1.05. The molecule has 4 nitrogen and oxygen atoms in total. The van der Waals surface area contributed by atoms with Crippen LogP contribution in [0.2, 0.25) is 0 Å². The van der Waals surface area contributed by atoms with Crippen molar-refractivity contribution >= 4 is 27.3 Å².